The molecule has 0 unspecified atom stereocenters. The van der Waals surface area contributed by atoms with Crippen molar-refractivity contribution in [3.05, 3.63) is 0 Å². The molecular formula is C6H14NO4PS. The maximum atomic E-state index is 8.69. The topological polar surface area (TPSA) is 71.3 Å². The Hall–Kier alpha value is -0.160. The minimum atomic E-state index is -3.71. The first-order valence-electron chi connectivity index (χ1n) is 3.83. The van der Waals surface area contributed by atoms with Crippen LogP contribution in [0.15, 0.2) is 5.16 Å². The first kappa shape index (κ1) is 12.8. The van der Waals surface area contributed by atoms with Gasteiger partial charge in [-0.3, -0.25) is 0 Å². The minimum absolute atomic E-state index is 0.0301. The van der Waals surface area contributed by atoms with Crippen LogP contribution in [0.1, 0.15) is 27.2 Å². The predicted octanol–water partition coefficient (Wildman–Crippen LogP) is 1.36. The van der Waals surface area contributed by atoms with Gasteiger partial charge in [-0.25, -0.2) is 0 Å². The van der Waals surface area contributed by atoms with Crippen molar-refractivity contribution in [3.8, 4) is 0 Å². The molecular weight excluding hydrogens is 213 g/mol. The lowest BCUT2D eigenvalue weighted by atomic mass is 10.4. The molecule has 0 heterocycles. The average molecular weight is 227 g/mol. The third-order valence-electron chi connectivity index (χ3n) is 0.923. The third kappa shape index (κ3) is 8.18. The summed E-state index contributed by atoms with van der Waals surface area (Å²) in [4.78, 5) is 17.4. The highest BCUT2D eigenvalue weighted by atomic mass is 32.5. The van der Waals surface area contributed by atoms with Crippen LogP contribution in [0.4, 0.5) is 0 Å². The molecule has 2 N–H and O–H groups in total. The Kier molecular flexibility index (Phi) is 5.48. The Bertz CT molecular complexity index is 225. The van der Waals surface area contributed by atoms with E-state index in [9.17, 15) is 0 Å². The summed E-state index contributed by atoms with van der Waals surface area (Å²) in [6.07, 6.45) is 0.477. The molecule has 0 bridgehead atoms. The fraction of sp³-hybridized carbons (Fsp3) is 0.833. The monoisotopic (exact) mass is 227 g/mol. The number of hydrogen-bond acceptors (Lipinski definition) is 4. The number of ether oxygens (including phenoxy) is 1. The summed E-state index contributed by atoms with van der Waals surface area (Å²) in [7, 11) is 0. The maximum Gasteiger partial charge on any atom is 0.397 e. The molecule has 0 aromatic carbocycles. The number of rotatable bonds is 4. The van der Waals surface area contributed by atoms with Gasteiger partial charge < -0.3 is 19.1 Å². The van der Waals surface area contributed by atoms with Gasteiger partial charge >= 0.3 is 6.72 Å². The summed E-state index contributed by atoms with van der Waals surface area (Å²) in [6.45, 7) is 1.76. The summed E-state index contributed by atoms with van der Waals surface area (Å²) in [5, 5.41) is 3.39. The molecule has 0 fully saturated rings. The summed E-state index contributed by atoms with van der Waals surface area (Å²) in [5.74, 6) is 0.298. The number of hydrogen-bond donors (Lipinski definition) is 2. The van der Waals surface area contributed by atoms with Gasteiger partial charge in [0.1, 0.15) is 0 Å². The molecule has 13 heavy (non-hydrogen) atoms. The van der Waals surface area contributed by atoms with Crippen molar-refractivity contribution in [1.29, 1.82) is 0 Å². The van der Waals surface area contributed by atoms with Crippen LogP contribution in [0.25, 0.3) is 0 Å². The fourth-order valence-electron chi connectivity index (χ4n) is 0.540. The molecule has 0 aliphatic carbocycles. The average Bonchev–Trinajstić information content (AvgIpc) is 1.95. The van der Waals surface area contributed by atoms with Crippen LogP contribution < -0.4 is 0 Å². The SMILES string of the molecule is CCC(=NOP(O)(O)=S)OC(C)C. The van der Waals surface area contributed by atoms with Gasteiger partial charge in [0, 0.05) is 18.2 Å². The molecule has 0 aromatic rings. The lowest BCUT2D eigenvalue weighted by Gasteiger charge is -2.11. The lowest BCUT2D eigenvalue weighted by molar-refractivity contribution is 0.194. The van der Waals surface area contributed by atoms with Crippen molar-refractivity contribution in [1.82, 2.24) is 0 Å². The molecule has 0 aromatic heterocycles. The number of nitrogens with zero attached hydrogens (tertiary/aromatic N) is 1. The molecule has 0 aliphatic rings. The van der Waals surface area contributed by atoms with E-state index >= 15 is 0 Å². The van der Waals surface area contributed by atoms with Crippen molar-refractivity contribution in [2.75, 3.05) is 0 Å². The molecule has 0 rings (SSSR count). The Balaban J connectivity index is 4.15. The summed E-state index contributed by atoms with van der Waals surface area (Å²) in [5.41, 5.74) is 0. The predicted molar refractivity (Wildman–Crippen MR) is 53.8 cm³/mol. The van der Waals surface area contributed by atoms with Crippen LogP contribution in [-0.4, -0.2) is 21.8 Å². The van der Waals surface area contributed by atoms with Gasteiger partial charge in [0.05, 0.1) is 6.10 Å². The van der Waals surface area contributed by atoms with E-state index in [2.05, 4.69) is 21.6 Å². The zero-order chi connectivity index (χ0) is 10.5. The largest absolute Gasteiger partial charge is 0.476 e. The first-order valence-corrected chi connectivity index (χ1v) is 6.45. The highest BCUT2D eigenvalue weighted by molar-refractivity contribution is 8.06. The third-order valence-corrected chi connectivity index (χ3v) is 1.42. The van der Waals surface area contributed by atoms with Crippen LogP contribution in [0, 0.1) is 0 Å². The van der Waals surface area contributed by atoms with Crippen molar-refractivity contribution in [2.45, 2.75) is 33.3 Å². The van der Waals surface area contributed by atoms with E-state index in [0.29, 0.717) is 12.3 Å². The molecule has 0 saturated carbocycles. The molecule has 0 aliphatic heterocycles. The maximum absolute atomic E-state index is 8.69. The van der Waals surface area contributed by atoms with Crippen molar-refractivity contribution in [3.63, 3.8) is 0 Å². The minimum Gasteiger partial charge on any atom is -0.476 e. The normalized spacial score (nSPS) is 13.2. The van der Waals surface area contributed by atoms with Gasteiger partial charge in [-0.1, -0.05) is 6.92 Å². The first-order chi connectivity index (χ1) is 5.85. The molecule has 7 heteroatoms. The molecule has 5 nitrogen and oxygen atoms in total. The van der Waals surface area contributed by atoms with E-state index in [-0.39, 0.29) is 6.10 Å². The highest BCUT2D eigenvalue weighted by Gasteiger charge is 2.09. The summed E-state index contributed by atoms with van der Waals surface area (Å²) >= 11 is 4.20. The van der Waals surface area contributed by atoms with E-state index in [1.165, 1.54) is 0 Å². The van der Waals surface area contributed by atoms with Crippen LogP contribution in [0.2, 0.25) is 0 Å². The second-order valence-corrected chi connectivity index (χ2v) is 5.15. The molecule has 0 radical (unpaired) electrons. The standard InChI is InChI=1S/C6H14NO4PS/c1-4-6(10-5(2)3)7-11-12(8,9)13/h5H,4H2,1-3H3,(H2,8,9,13). The van der Waals surface area contributed by atoms with E-state index in [0.717, 1.165) is 0 Å². The van der Waals surface area contributed by atoms with Crippen molar-refractivity contribution >= 4 is 24.4 Å². The van der Waals surface area contributed by atoms with Crippen LogP contribution in [0.5, 0.6) is 0 Å². The Morgan fingerprint density at radius 3 is 2.38 bits per heavy atom. The van der Waals surface area contributed by atoms with E-state index < -0.39 is 6.72 Å². The zero-order valence-electron chi connectivity index (χ0n) is 7.80. The van der Waals surface area contributed by atoms with Gasteiger partial charge in [-0.15, -0.1) is 0 Å². The quantitative estimate of drug-likeness (QED) is 0.328. The van der Waals surface area contributed by atoms with Gasteiger partial charge in [0.15, 0.2) is 0 Å². The van der Waals surface area contributed by atoms with Crippen LogP contribution in [-0.2, 0) is 21.2 Å². The van der Waals surface area contributed by atoms with E-state index in [1.807, 2.05) is 20.8 Å². The van der Waals surface area contributed by atoms with Crippen molar-refractivity contribution < 1.29 is 19.1 Å². The van der Waals surface area contributed by atoms with Gasteiger partial charge in [0.2, 0.25) is 5.90 Å². The second-order valence-electron chi connectivity index (χ2n) is 2.58. The second kappa shape index (κ2) is 5.54. The smallest absolute Gasteiger partial charge is 0.397 e. The molecule has 0 saturated heterocycles. The van der Waals surface area contributed by atoms with Crippen LogP contribution in [0.3, 0.4) is 0 Å². The molecule has 0 atom stereocenters. The Morgan fingerprint density at radius 2 is 2.08 bits per heavy atom. The summed E-state index contributed by atoms with van der Waals surface area (Å²) in [6, 6.07) is 0. The Morgan fingerprint density at radius 1 is 1.54 bits per heavy atom. The lowest BCUT2D eigenvalue weighted by Crippen LogP contribution is -2.10. The molecule has 78 valence electrons. The van der Waals surface area contributed by atoms with Gasteiger partial charge in [-0.05, 0) is 19.0 Å². The van der Waals surface area contributed by atoms with Crippen molar-refractivity contribution in [2.24, 2.45) is 5.16 Å². The van der Waals surface area contributed by atoms with E-state index in [1.54, 1.807) is 0 Å². The number of oxime groups is 1. The van der Waals surface area contributed by atoms with E-state index in [4.69, 9.17) is 14.5 Å². The molecule has 0 amide bonds. The zero-order valence-corrected chi connectivity index (χ0v) is 9.51. The van der Waals surface area contributed by atoms with Crippen LogP contribution >= 0.6 is 6.72 Å². The Labute approximate surface area is 82.6 Å². The fourth-order valence-corrected chi connectivity index (χ4v) is 0.838. The van der Waals surface area contributed by atoms with Gasteiger partial charge in [-0.2, -0.15) is 0 Å². The molecule has 0 spiro atoms. The summed E-state index contributed by atoms with van der Waals surface area (Å²) < 4.78 is 9.45. The highest BCUT2D eigenvalue weighted by Crippen LogP contribution is 2.36. The van der Waals surface area contributed by atoms with Gasteiger partial charge in [0.25, 0.3) is 0 Å².